The van der Waals surface area contributed by atoms with Gasteiger partial charge in [-0.05, 0) is 60.1 Å². The van der Waals surface area contributed by atoms with Gasteiger partial charge in [0.05, 0.1) is 22.2 Å². The molecular weight excluding hydrogens is 366 g/mol. The van der Waals surface area contributed by atoms with E-state index in [4.69, 9.17) is 4.74 Å². The van der Waals surface area contributed by atoms with Crippen LogP contribution in [0.15, 0.2) is 57.9 Å². The Morgan fingerprint density at radius 3 is 2.23 bits per heavy atom. The summed E-state index contributed by atoms with van der Waals surface area (Å²) in [6.07, 6.45) is 0. The second-order valence-electron chi connectivity index (χ2n) is 5.03. The molecule has 118 valence electrons. The molecule has 2 aromatic carbocycles. The Kier molecular flexibility index (Phi) is 5.13. The number of benzene rings is 2. The normalized spacial score (nSPS) is 11.5. The van der Waals surface area contributed by atoms with Crippen molar-refractivity contribution in [1.82, 2.24) is 0 Å². The summed E-state index contributed by atoms with van der Waals surface area (Å²) in [5.74, 6) is 0.592. The summed E-state index contributed by atoms with van der Waals surface area (Å²) < 4.78 is 33.2. The Hall–Kier alpha value is -1.53. The second kappa shape index (κ2) is 6.71. The van der Waals surface area contributed by atoms with Crippen LogP contribution in [-0.4, -0.2) is 21.6 Å². The van der Waals surface area contributed by atoms with Crippen molar-refractivity contribution in [2.75, 3.05) is 11.4 Å². The zero-order chi connectivity index (χ0) is 16.3. The predicted octanol–water partition coefficient (Wildman–Crippen LogP) is 4.06. The highest BCUT2D eigenvalue weighted by atomic mass is 79.9. The maximum absolute atomic E-state index is 13.0. The Bertz CT molecular complexity index is 745. The first-order chi connectivity index (χ1) is 10.4. The summed E-state index contributed by atoms with van der Waals surface area (Å²) in [6, 6.07) is 13.6. The molecule has 0 amide bonds. The van der Waals surface area contributed by atoms with Crippen LogP contribution in [0.3, 0.4) is 0 Å². The summed E-state index contributed by atoms with van der Waals surface area (Å²) in [4.78, 5) is 0.220. The van der Waals surface area contributed by atoms with E-state index in [1.807, 2.05) is 32.0 Å². The van der Waals surface area contributed by atoms with Crippen LogP contribution in [0.4, 0.5) is 5.69 Å². The van der Waals surface area contributed by atoms with E-state index in [2.05, 4.69) is 15.9 Å². The lowest BCUT2D eigenvalue weighted by Gasteiger charge is -2.28. The van der Waals surface area contributed by atoms with Crippen LogP contribution in [0.1, 0.15) is 13.8 Å². The van der Waals surface area contributed by atoms with Gasteiger partial charge in [-0.3, -0.25) is 4.31 Å². The van der Waals surface area contributed by atoms with Crippen molar-refractivity contribution in [2.45, 2.75) is 24.8 Å². The van der Waals surface area contributed by atoms with Gasteiger partial charge in [0.2, 0.25) is 0 Å². The maximum Gasteiger partial charge on any atom is 0.264 e. The molecule has 0 N–H and O–H groups in total. The van der Waals surface area contributed by atoms with Gasteiger partial charge in [0, 0.05) is 6.04 Å². The molecule has 0 saturated carbocycles. The third-order valence-corrected chi connectivity index (χ3v) is 5.78. The van der Waals surface area contributed by atoms with Crippen LogP contribution in [0.5, 0.6) is 5.75 Å². The minimum Gasteiger partial charge on any atom is -0.496 e. The highest BCUT2D eigenvalue weighted by molar-refractivity contribution is 9.10. The lowest BCUT2D eigenvalue weighted by atomic mass is 10.3. The van der Waals surface area contributed by atoms with Gasteiger partial charge < -0.3 is 4.74 Å². The van der Waals surface area contributed by atoms with Crippen LogP contribution in [0, 0.1) is 0 Å². The molecule has 4 nitrogen and oxygen atoms in total. The standard InChI is InChI=1S/C16H18BrNO3S/c1-12(2)18(13-7-5-4-6-8-13)22(19,20)14-9-10-16(21-3)15(17)11-14/h4-12H,1-3H3. The molecule has 0 aliphatic carbocycles. The Labute approximate surface area is 139 Å². The monoisotopic (exact) mass is 383 g/mol. The van der Waals surface area contributed by atoms with Crippen molar-refractivity contribution in [1.29, 1.82) is 0 Å². The summed E-state index contributed by atoms with van der Waals surface area (Å²) in [5.41, 5.74) is 0.643. The van der Waals surface area contributed by atoms with E-state index in [1.54, 1.807) is 37.4 Å². The van der Waals surface area contributed by atoms with Gasteiger partial charge in [0.25, 0.3) is 10.0 Å². The number of para-hydroxylation sites is 1. The van der Waals surface area contributed by atoms with E-state index in [9.17, 15) is 8.42 Å². The first-order valence-electron chi connectivity index (χ1n) is 6.81. The number of sulfonamides is 1. The van der Waals surface area contributed by atoms with Gasteiger partial charge in [-0.1, -0.05) is 18.2 Å². The summed E-state index contributed by atoms with van der Waals surface area (Å²) >= 11 is 3.33. The molecular formula is C16H18BrNO3S. The molecule has 2 rings (SSSR count). The largest absolute Gasteiger partial charge is 0.496 e. The molecule has 0 atom stereocenters. The van der Waals surface area contributed by atoms with Crippen LogP contribution >= 0.6 is 15.9 Å². The molecule has 2 aromatic rings. The van der Waals surface area contributed by atoms with Crippen LogP contribution in [0.25, 0.3) is 0 Å². The fraction of sp³-hybridized carbons (Fsp3) is 0.250. The number of halogens is 1. The zero-order valence-corrected chi connectivity index (χ0v) is 15.1. The highest BCUT2D eigenvalue weighted by Gasteiger charge is 2.27. The zero-order valence-electron chi connectivity index (χ0n) is 12.7. The van der Waals surface area contributed by atoms with Crippen molar-refractivity contribution in [3.63, 3.8) is 0 Å². The summed E-state index contributed by atoms with van der Waals surface area (Å²) in [6.45, 7) is 3.70. The van der Waals surface area contributed by atoms with Crippen LogP contribution < -0.4 is 9.04 Å². The molecule has 6 heteroatoms. The molecule has 0 aliphatic heterocycles. The number of hydrogen-bond acceptors (Lipinski definition) is 3. The number of nitrogens with zero attached hydrogens (tertiary/aromatic N) is 1. The molecule has 0 unspecified atom stereocenters. The lowest BCUT2D eigenvalue weighted by molar-refractivity contribution is 0.411. The fourth-order valence-electron chi connectivity index (χ4n) is 2.21. The van der Waals surface area contributed by atoms with E-state index in [1.165, 1.54) is 4.31 Å². The van der Waals surface area contributed by atoms with Crippen molar-refractivity contribution in [3.05, 3.63) is 53.0 Å². The van der Waals surface area contributed by atoms with Crippen molar-refractivity contribution >= 4 is 31.6 Å². The van der Waals surface area contributed by atoms with Crippen molar-refractivity contribution in [3.8, 4) is 5.75 Å². The van der Waals surface area contributed by atoms with Gasteiger partial charge in [-0.25, -0.2) is 8.42 Å². The molecule has 0 heterocycles. The molecule has 0 bridgehead atoms. The third-order valence-electron chi connectivity index (χ3n) is 3.16. The van der Waals surface area contributed by atoms with Gasteiger partial charge in [0.15, 0.2) is 0 Å². The second-order valence-corrected chi connectivity index (χ2v) is 7.70. The van der Waals surface area contributed by atoms with E-state index < -0.39 is 10.0 Å². The Morgan fingerprint density at radius 2 is 1.73 bits per heavy atom. The highest BCUT2D eigenvalue weighted by Crippen LogP contribution is 2.31. The molecule has 0 saturated heterocycles. The molecule has 0 spiro atoms. The molecule has 0 radical (unpaired) electrons. The molecule has 0 aliphatic rings. The number of ether oxygens (including phenoxy) is 1. The lowest BCUT2D eigenvalue weighted by Crippen LogP contribution is -2.37. The van der Waals surface area contributed by atoms with Crippen LogP contribution in [-0.2, 0) is 10.0 Å². The number of methoxy groups -OCH3 is 1. The van der Waals surface area contributed by atoms with E-state index >= 15 is 0 Å². The van der Waals surface area contributed by atoms with Gasteiger partial charge >= 0.3 is 0 Å². The van der Waals surface area contributed by atoms with Gasteiger partial charge in [-0.15, -0.1) is 0 Å². The average Bonchev–Trinajstić information content (AvgIpc) is 2.47. The average molecular weight is 384 g/mol. The van der Waals surface area contributed by atoms with Crippen molar-refractivity contribution in [2.24, 2.45) is 0 Å². The minimum atomic E-state index is -3.65. The summed E-state index contributed by atoms with van der Waals surface area (Å²) in [7, 11) is -2.11. The predicted molar refractivity (Wildman–Crippen MR) is 91.9 cm³/mol. The Balaban J connectivity index is 2.53. The SMILES string of the molecule is COc1ccc(S(=O)(=O)N(c2ccccc2)C(C)C)cc1Br. The topological polar surface area (TPSA) is 46.6 Å². The quantitative estimate of drug-likeness (QED) is 0.781. The fourth-order valence-corrected chi connectivity index (χ4v) is 4.59. The van der Waals surface area contributed by atoms with Gasteiger partial charge in [0.1, 0.15) is 5.75 Å². The minimum absolute atomic E-state index is 0.201. The van der Waals surface area contributed by atoms with E-state index in [0.717, 1.165) is 0 Å². The number of hydrogen-bond donors (Lipinski definition) is 0. The van der Waals surface area contributed by atoms with E-state index in [0.29, 0.717) is 15.9 Å². The summed E-state index contributed by atoms with van der Waals surface area (Å²) in [5, 5.41) is 0. The maximum atomic E-state index is 13.0. The Morgan fingerprint density at radius 1 is 1.09 bits per heavy atom. The number of anilines is 1. The molecule has 0 fully saturated rings. The first-order valence-corrected chi connectivity index (χ1v) is 9.04. The number of rotatable bonds is 5. The smallest absolute Gasteiger partial charge is 0.264 e. The van der Waals surface area contributed by atoms with Gasteiger partial charge in [-0.2, -0.15) is 0 Å². The van der Waals surface area contributed by atoms with E-state index in [-0.39, 0.29) is 10.9 Å². The molecule has 0 aromatic heterocycles. The molecule has 22 heavy (non-hydrogen) atoms. The first kappa shape index (κ1) is 16.8. The van der Waals surface area contributed by atoms with Crippen LogP contribution in [0.2, 0.25) is 0 Å². The van der Waals surface area contributed by atoms with Crippen molar-refractivity contribution < 1.29 is 13.2 Å². The third kappa shape index (κ3) is 3.28.